The maximum atomic E-state index is 11.1. The predicted octanol–water partition coefficient (Wildman–Crippen LogP) is 3.69. The van der Waals surface area contributed by atoms with E-state index in [4.69, 9.17) is 32.7 Å². The smallest absolute Gasteiger partial charge is 0.342 e. The van der Waals surface area contributed by atoms with Crippen LogP contribution in [0.25, 0.3) is 0 Å². The summed E-state index contributed by atoms with van der Waals surface area (Å²) in [6.07, 6.45) is 0.869. The van der Waals surface area contributed by atoms with E-state index < -0.39 is 10.7 Å². The number of nitrogens with zero attached hydrogens (tertiary/aromatic N) is 3. The maximum Gasteiger partial charge on any atom is 0.342 e. The number of aryl methyl sites for hydroxylation is 1. The van der Waals surface area contributed by atoms with E-state index in [2.05, 4.69) is 4.98 Å². The van der Waals surface area contributed by atoms with Gasteiger partial charge in [0, 0.05) is 17.5 Å². The first-order valence-corrected chi connectivity index (χ1v) is 7.99. The highest BCUT2D eigenvalue weighted by molar-refractivity contribution is 6.35. The lowest BCUT2D eigenvalue weighted by Crippen LogP contribution is -2.26. The van der Waals surface area contributed by atoms with Crippen molar-refractivity contribution in [3.8, 4) is 0 Å². The lowest BCUT2D eigenvalue weighted by atomic mass is 10.1. The largest absolute Gasteiger partial charge is 0.358 e. The number of imidazole rings is 1. The zero-order valence-corrected chi connectivity index (χ0v) is 14.5. The van der Waals surface area contributed by atoms with Crippen molar-refractivity contribution in [3.05, 3.63) is 55.9 Å². The Morgan fingerprint density at radius 3 is 2.92 bits per heavy atom. The molecule has 9 heteroatoms. The molecule has 1 fully saturated rings. The average molecular weight is 372 g/mol. The third-order valence-corrected chi connectivity index (χ3v) is 4.51. The van der Waals surface area contributed by atoms with Crippen LogP contribution in [0.2, 0.25) is 10.0 Å². The predicted molar refractivity (Wildman–Crippen MR) is 88.3 cm³/mol. The van der Waals surface area contributed by atoms with Crippen molar-refractivity contribution < 1.29 is 14.4 Å². The van der Waals surface area contributed by atoms with E-state index in [-0.39, 0.29) is 25.1 Å². The SMILES string of the molecule is Cc1ncc([N+](=O)[O-])n1C[C@H]1CO[C@](C)(c2ccc(Cl)cc2Cl)O1. The van der Waals surface area contributed by atoms with Gasteiger partial charge in [-0.2, -0.15) is 0 Å². The summed E-state index contributed by atoms with van der Waals surface area (Å²) >= 11 is 12.1. The van der Waals surface area contributed by atoms with Crippen LogP contribution in [-0.2, 0) is 21.8 Å². The van der Waals surface area contributed by atoms with Crippen LogP contribution in [0.15, 0.2) is 24.4 Å². The summed E-state index contributed by atoms with van der Waals surface area (Å²) in [5, 5.41) is 12.0. The van der Waals surface area contributed by atoms with Crippen molar-refractivity contribution in [2.45, 2.75) is 32.3 Å². The van der Waals surface area contributed by atoms with E-state index in [0.29, 0.717) is 21.4 Å². The monoisotopic (exact) mass is 371 g/mol. The summed E-state index contributed by atoms with van der Waals surface area (Å²) in [7, 11) is 0. The first kappa shape index (κ1) is 17.2. The Labute approximate surface area is 148 Å². The van der Waals surface area contributed by atoms with Gasteiger partial charge in [0.15, 0.2) is 11.6 Å². The molecule has 0 radical (unpaired) electrons. The van der Waals surface area contributed by atoms with Gasteiger partial charge < -0.3 is 19.6 Å². The first-order chi connectivity index (χ1) is 11.3. The molecule has 1 aromatic heterocycles. The topological polar surface area (TPSA) is 79.4 Å². The summed E-state index contributed by atoms with van der Waals surface area (Å²) < 4.78 is 13.3. The van der Waals surface area contributed by atoms with Crippen LogP contribution in [0.3, 0.4) is 0 Å². The Kier molecular flexibility index (Phi) is 4.52. The quantitative estimate of drug-likeness (QED) is 0.604. The van der Waals surface area contributed by atoms with E-state index in [1.807, 2.05) is 0 Å². The Bertz CT molecular complexity index is 795. The molecule has 7 nitrogen and oxygen atoms in total. The van der Waals surface area contributed by atoms with E-state index in [0.717, 1.165) is 0 Å². The Morgan fingerprint density at radius 2 is 2.25 bits per heavy atom. The second kappa shape index (κ2) is 6.33. The number of nitro groups is 1. The van der Waals surface area contributed by atoms with Crippen LogP contribution in [0.5, 0.6) is 0 Å². The van der Waals surface area contributed by atoms with Crippen LogP contribution < -0.4 is 0 Å². The molecule has 0 saturated carbocycles. The van der Waals surface area contributed by atoms with Crippen LogP contribution >= 0.6 is 23.2 Å². The molecule has 24 heavy (non-hydrogen) atoms. The number of aromatic nitrogens is 2. The van der Waals surface area contributed by atoms with Crippen molar-refractivity contribution in [2.24, 2.45) is 0 Å². The van der Waals surface area contributed by atoms with Crippen molar-refractivity contribution in [2.75, 3.05) is 6.61 Å². The number of hydrogen-bond acceptors (Lipinski definition) is 5. The average Bonchev–Trinajstić information content (AvgIpc) is 3.04. The highest BCUT2D eigenvalue weighted by Gasteiger charge is 2.41. The minimum Gasteiger partial charge on any atom is -0.358 e. The molecule has 2 atom stereocenters. The molecular formula is C15H15Cl2N3O4. The molecule has 1 saturated heterocycles. The second-order valence-corrected chi connectivity index (χ2v) is 6.50. The Hall–Kier alpha value is -1.67. The first-order valence-electron chi connectivity index (χ1n) is 7.24. The fourth-order valence-electron chi connectivity index (χ4n) is 2.76. The zero-order chi connectivity index (χ0) is 17.5. The highest BCUT2D eigenvalue weighted by atomic mass is 35.5. The summed E-state index contributed by atoms with van der Waals surface area (Å²) in [5.74, 6) is -0.562. The van der Waals surface area contributed by atoms with E-state index >= 15 is 0 Å². The molecule has 0 unspecified atom stereocenters. The van der Waals surface area contributed by atoms with Gasteiger partial charge in [-0.1, -0.05) is 29.3 Å². The zero-order valence-electron chi connectivity index (χ0n) is 13.0. The fourth-order valence-corrected chi connectivity index (χ4v) is 3.34. The minimum absolute atomic E-state index is 0.0748. The molecule has 0 aliphatic carbocycles. The van der Waals surface area contributed by atoms with Crippen LogP contribution in [0.1, 0.15) is 18.3 Å². The Morgan fingerprint density at radius 1 is 1.50 bits per heavy atom. The van der Waals surface area contributed by atoms with Gasteiger partial charge in [0.1, 0.15) is 18.8 Å². The van der Waals surface area contributed by atoms with Crippen molar-refractivity contribution in [1.82, 2.24) is 9.55 Å². The number of halogens is 2. The molecular weight excluding hydrogens is 357 g/mol. The molecule has 0 spiro atoms. The van der Waals surface area contributed by atoms with E-state index in [1.165, 1.54) is 10.8 Å². The van der Waals surface area contributed by atoms with Gasteiger partial charge in [-0.15, -0.1) is 0 Å². The van der Waals surface area contributed by atoms with Gasteiger partial charge in [0.05, 0.1) is 11.6 Å². The van der Waals surface area contributed by atoms with E-state index in [9.17, 15) is 10.1 Å². The molecule has 0 N–H and O–H groups in total. The minimum atomic E-state index is -1.03. The van der Waals surface area contributed by atoms with Crippen molar-refractivity contribution >= 4 is 29.0 Å². The van der Waals surface area contributed by atoms with Crippen molar-refractivity contribution in [1.29, 1.82) is 0 Å². The number of ether oxygens (including phenoxy) is 2. The van der Waals surface area contributed by atoms with Gasteiger partial charge in [-0.05, 0) is 24.0 Å². The number of hydrogen-bond donors (Lipinski definition) is 0. The summed E-state index contributed by atoms with van der Waals surface area (Å²) in [6, 6.07) is 5.07. The van der Waals surface area contributed by atoms with E-state index in [1.54, 1.807) is 32.0 Å². The molecule has 2 heterocycles. The molecule has 0 bridgehead atoms. The number of rotatable bonds is 4. The molecule has 1 aromatic carbocycles. The molecule has 1 aliphatic rings. The van der Waals surface area contributed by atoms with Gasteiger partial charge >= 0.3 is 5.82 Å². The van der Waals surface area contributed by atoms with Crippen LogP contribution in [0, 0.1) is 17.0 Å². The standard InChI is InChI=1S/C15H15Cl2N3O4/c1-9-18-6-14(20(21)22)19(9)7-11-8-23-15(2,24-11)12-4-3-10(16)5-13(12)17/h3-6,11H,7-8H2,1-2H3/t11-,15-/m0/s1. The van der Waals surface area contributed by atoms with Crippen LogP contribution in [0.4, 0.5) is 5.82 Å². The highest BCUT2D eigenvalue weighted by Crippen LogP contribution is 2.39. The summed E-state index contributed by atoms with van der Waals surface area (Å²) in [4.78, 5) is 14.6. The lowest BCUT2D eigenvalue weighted by Gasteiger charge is -2.24. The molecule has 2 aromatic rings. The molecule has 3 rings (SSSR count). The number of benzene rings is 1. The fraction of sp³-hybridized carbons (Fsp3) is 0.400. The third-order valence-electron chi connectivity index (χ3n) is 3.96. The molecule has 1 aliphatic heterocycles. The van der Waals surface area contributed by atoms with Gasteiger partial charge in [0.2, 0.25) is 0 Å². The molecule has 128 valence electrons. The maximum absolute atomic E-state index is 11.1. The lowest BCUT2D eigenvalue weighted by molar-refractivity contribution is -0.392. The van der Waals surface area contributed by atoms with Crippen molar-refractivity contribution in [3.63, 3.8) is 0 Å². The van der Waals surface area contributed by atoms with Crippen LogP contribution in [-0.4, -0.2) is 27.2 Å². The second-order valence-electron chi connectivity index (χ2n) is 5.65. The normalized spacial score (nSPS) is 23.6. The summed E-state index contributed by atoms with van der Waals surface area (Å²) in [6.45, 7) is 4.02. The molecule has 0 amide bonds. The van der Waals surface area contributed by atoms with Gasteiger partial charge in [0.25, 0.3) is 0 Å². The van der Waals surface area contributed by atoms with Gasteiger partial charge in [-0.3, -0.25) is 0 Å². The summed E-state index contributed by atoms with van der Waals surface area (Å²) in [5.41, 5.74) is 0.660. The third kappa shape index (κ3) is 3.12. The van der Waals surface area contributed by atoms with Gasteiger partial charge in [-0.25, -0.2) is 9.55 Å². The Balaban J connectivity index is 1.80.